The SMILES string of the molecule is Cn1ncc(NCCN2CCC(c3noc4cc(F)ccc34)CC2=O)c(Cl)c1=O. The van der Waals surface area contributed by atoms with Gasteiger partial charge in [0.05, 0.1) is 17.6 Å². The van der Waals surface area contributed by atoms with Gasteiger partial charge in [-0.25, -0.2) is 9.07 Å². The van der Waals surface area contributed by atoms with E-state index in [0.29, 0.717) is 43.0 Å². The van der Waals surface area contributed by atoms with Gasteiger partial charge in [-0.15, -0.1) is 0 Å². The molecule has 8 nitrogen and oxygen atoms in total. The summed E-state index contributed by atoms with van der Waals surface area (Å²) in [4.78, 5) is 26.1. The summed E-state index contributed by atoms with van der Waals surface area (Å²) in [6, 6.07) is 4.30. The fourth-order valence-corrected chi connectivity index (χ4v) is 3.77. The highest BCUT2D eigenvalue weighted by Gasteiger charge is 2.30. The Hall–Kier alpha value is -2.94. The zero-order valence-corrected chi connectivity index (χ0v) is 16.4. The van der Waals surface area contributed by atoms with Gasteiger partial charge in [0.2, 0.25) is 5.91 Å². The number of hydrogen-bond donors (Lipinski definition) is 1. The summed E-state index contributed by atoms with van der Waals surface area (Å²) in [6.07, 6.45) is 2.53. The average Bonchev–Trinajstić information content (AvgIpc) is 3.12. The molecule has 3 aromatic rings. The second kappa shape index (κ2) is 7.82. The first-order chi connectivity index (χ1) is 13.9. The van der Waals surface area contributed by atoms with Crippen molar-refractivity contribution in [3.05, 3.63) is 51.3 Å². The number of halogens is 2. The van der Waals surface area contributed by atoms with Gasteiger partial charge < -0.3 is 14.7 Å². The van der Waals surface area contributed by atoms with Crippen molar-refractivity contribution in [2.45, 2.75) is 18.8 Å². The van der Waals surface area contributed by atoms with Gasteiger partial charge in [-0.1, -0.05) is 16.8 Å². The number of carbonyl (C=O) groups is 1. The van der Waals surface area contributed by atoms with Crippen LogP contribution in [0, 0.1) is 5.82 Å². The molecule has 0 saturated carbocycles. The molecular formula is C19H19ClFN5O3. The molecule has 4 rings (SSSR count). The molecule has 1 aliphatic heterocycles. The van der Waals surface area contributed by atoms with Crippen LogP contribution in [0.2, 0.25) is 5.02 Å². The number of aromatic nitrogens is 3. The minimum atomic E-state index is -0.384. The molecule has 0 radical (unpaired) electrons. The Labute approximate surface area is 170 Å². The lowest BCUT2D eigenvalue weighted by Crippen LogP contribution is -2.40. The maximum atomic E-state index is 13.3. The van der Waals surface area contributed by atoms with Gasteiger partial charge in [-0.2, -0.15) is 5.10 Å². The van der Waals surface area contributed by atoms with E-state index >= 15 is 0 Å². The number of benzene rings is 1. The minimum absolute atomic E-state index is 0.00880. The fraction of sp³-hybridized carbons (Fsp3) is 0.368. The zero-order valence-electron chi connectivity index (χ0n) is 15.7. The van der Waals surface area contributed by atoms with Crippen molar-refractivity contribution in [2.24, 2.45) is 7.05 Å². The Kier molecular flexibility index (Phi) is 5.23. The lowest BCUT2D eigenvalue weighted by Gasteiger charge is -2.31. The molecule has 1 aromatic carbocycles. The van der Waals surface area contributed by atoms with Crippen LogP contribution < -0.4 is 10.9 Å². The van der Waals surface area contributed by atoms with E-state index < -0.39 is 0 Å². The number of piperidine rings is 1. The van der Waals surface area contributed by atoms with Gasteiger partial charge in [-0.05, 0) is 18.6 Å². The van der Waals surface area contributed by atoms with Crippen molar-refractivity contribution in [1.29, 1.82) is 0 Å². The van der Waals surface area contributed by atoms with E-state index in [-0.39, 0.29) is 28.2 Å². The van der Waals surface area contributed by atoms with E-state index in [1.165, 1.54) is 25.4 Å². The van der Waals surface area contributed by atoms with Crippen LogP contribution in [-0.2, 0) is 11.8 Å². The Morgan fingerprint density at radius 3 is 3.00 bits per heavy atom. The molecule has 1 saturated heterocycles. The number of fused-ring (bicyclic) bond motifs is 1. The minimum Gasteiger partial charge on any atom is -0.381 e. The highest BCUT2D eigenvalue weighted by Crippen LogP contribution is 2.33. The predicted octanol–water partition coefficient (Wildman–Crippen LogP) is 2.53. The molecule has 1 unspecified atom stereocenters. The van der Waals surface area contributed by atoms with Crippen LogP contribution in [-0.4, -0.2) is 45.4 Å². The highest BCUT2D eigenvalue weighted by molar-refractivity contribution is 6.32. The predicted molar refractivity (Wildman–Crippen MR) is 105 cm³/mol. The fourth-order valence-electron chi connectivity index (χ4n) is 3.53. The maximum Gasteiger partial charge on any atom is 0.287 e. The van der Waals surface area contributed by atoms with E-state index in [0.717, 1.165) is 16.5 Å². The van der Waals surface area contributed by atoms with Gasteiger partial charge >= 0.3 is 0 Å². The number of amides is 1. The van der Waals surface area contributed by atoms with E-state index in [4.69, 9.17) is 16.1 Å². The van der Waals surface area contributed by atoms with Crippen molar-refractivity contribution in [2.75, 3.05) is 25.0 Å². The van der Waals surface area contributed by atoms with Crippen LogP contribution in [0.15, 0.2) is 33.7 Å². The third kappa shape index (κ3) is 3.82. The van der Waals surface area contributed by atoms with Crippen LogP contribution in [0.4, 0.5) is 10.1 Å². The summed E-state index contributed by atoms with van der Waals surface area (Å²) in [5.41, 5.74) is 1.15. The first-order valence-corrected chi connectivity index (χ1v) is 9.60. The first kappa shape index (κ1) is 19.4. The highest BCUT2D eigenvalue weighted by atomic mass is 35.5. The van der Waals surface area contributed by atoms with Gasteiger partial charge in [0.1, 0.15) is 10.8 Å². The number of nitrogens with zero attached hydrogens (tertiary/aromatic N) is 4. The van der Waals surface area contributed by atoms with E-state index in [1.807, 2.05) is 0 Å². The summed E-state index contributed by atoms with van der Waals surface area (Å²) in [6.45, 7) is 1.49. The molecule has 152 valence electrons. The second-order valence-electron chi connectivity index (χ2n) is 7.01. The van der Waals surface area contributed by atoms with Crippen LogP contribution in [0.25, 0.3) is 11.0 Å². The molecule has 1 atom stereocenters. The van der Waals surface area contributed by atoms with Gasteiger partial charge in [0.15, 0.2) is 5.58 Å². The van der Waals surface area contributed by atoms with Crippen molar-refractivity contribution in [3.8, 4) is 0 Å². The first-order valence-electron chi connectivity index (χ1n) is 9.22. The van der Waals surface area contributed by atoms with Crippen molar-refractivity contribution >= 4 is 34.2 Å². The molecule has 2 aromatic heterocycles. The lowest BCUT2D eigenvalue weighted by atomic mass is 9.91. The third-order valence-electron chi connectivity index (χ3n) is 5.15. The number of nitrogens with one attached hydrogen (secondary N) is 1. The Balaban J connectivity index is 1.36. The topological polar surface area (TPSA) is 93.3 Å². The zero-order chi connectivity index (χ0) is 20.5. The normalized spacial score (nSPS) is 17.1. The maximum absolute atomic E-state index is 13.3. The van der Waals surface area contributed by atoms with E-state index in [1.54, 1.807) is 11.0 Å². The molecule has 10 heteroatoms. The van der Waals surface area contributed by atoms with Crippen molar-refractivity contribution < 1.29 is 13.7 Å². The summed E-state index contributed by atoms with van der Waals surface area (Å²) in [7, 11) is 1.52. The summed E-state index contributed by atoms with van der Waals surface area (Å²) in [5, 5.41) is 11.9. The van der Waals surface area contributed by atoms with Gasteiger partial charge in [-0.3, -0.25) is 9.59 Å². The number of likely N-dealkylation sites (tertiary alicyclic amines) is 1. The molecule has 1 amide bonds. The van der Waals surface area contributed by atoms with Crippen LogP contribution in [0.3, 0.4) is 0 Å². The van der Waals surface area contributed by atoms with Crippen LogP contribution in [0.5, 0.6) is 0 Å². The monoisotopic (exact) mass is 419 g/mol. The van der Waals surface area contributed by atoms with Crippen molar-refractivity contribution in [3.63, 3.8) is 0 Å². The molecule has 1 fully saturated rings. The Morgan fingerprint density at radius 2 is 2.21 bits per heavy atom. The van der Waals surface area contributed by atoms with Crippen molar-refractivity contribution in [1.82, 2.24) is 19.8 Å². The molecule has 0 aliphatic carbocycles. The number of anilines is 1. The number of hydrogen-bond acceptors (Lipinski definition) is 6. The molecule has 29 heavy (non-hydrogen) atoms. The van der Waals surface area contributed by atoms with Crippen LogP contribution >= 0.6 is 11.6 Å². The Bertz CT molecular complexity index is 1130. The molecule has 0 spiro atoms. The summed E-state index contributed by atoms with van der Waals surface area (Å²) >= 11 is 6.03. The molecule has 3 heterocycles. The largest absolute Gasteiger partial charge is 0.381 e. The molecule has 1 aliphatic rings. The number of aryl methyl sites for hydroxylation is 1. The van der Waals surface area contributed by atoms with E-state index in [9.17, 15) is 14.0 Å². The van der Waals surface area contributed by atoms with Crippen LogP contribution in [0.1, 0.15) is 24.5 Å². The molecule has 0 bridgehead atoms. The molecular weight excluding hydrogens is 401 g/mol. The lowest BCUT2D eigenvalue weighted by molar-refractivity contribution is -0.133. The molecule has 1 N–H and O–H groups in total. The average molecular weight is 420 g/mol. The third-order valence-corrected chi connectivity index (χ3v) is 5.51. The van der Waals surface area contributed by atoms with E-state index in [2.05, 4.69) is 15.6 Å². The standard InChI is InChI=1S/C19H19ClFN5O3/c1-25-19(28)17(20)14(10-23-25)22-5-7-26-6-4-11(8-16(26)27)18-13-3-2-12(21)9-15(13)29-24-18/h2-3,9-11,22H,4-8H2,1H3. The number of rotatable bonds is 5. The summed E-state index contributed by atoms with van der Waals surface area (Å²) < 4.78 is 19.7. The second-order valence-corrected chi connectivity index (χ2v) is 7.38. The van der Waals surface area contributed by atoms with Gasteiger partial charge in [0, 0.05) is 50.5 Å². The quantitative estimate of drug-likeness (QED) is 0.683. The summed E-state index contributed by atoms with van der Waals surface area (Å²) in [5.74, 6) is -0.436. The Morgan fingerprint density at radius 1 is 1.38 bits per heavy atom. The number of carbonyl (C=O) groups excluding carboxylic acids is 1. The smallest absolute Gasteiger partial charge is 0.287 e. The van der Waals surface area contributed by atoms with Gasteiger partial charge in [0.25, 0.3) is 5.56 Å².